The van der Waals surface area contributed by atoms with E-state index < -0.39 is 23.4 Å². The van der Waals surface area contributed by atoms with Crippen LogP contribution in [0.2, 0.25) is 5.02 Å². The molecule has 1 heterocycles. The maximum Gasteiger partial charge on any atom is 0.344 e. The molecule has 1 unspecified atom stereocenters. The number of aryl methyl sites for hydroxylation is 1. The van der Waals surface area contributed by atoms with Gasteiger partial charge in [-0.05, 0) is 56.6 Å². The molecule has 0 aliphatic carbocycles. The van der Waals surface area contributed by atoms with Gasteiger partial charge in [-0.2, -0.15) is 5.01 Å². The Bertz CT molecular complexity index is 954. The number of ether oxygens (including phenoxy) is 1. The average Bonchev–Trinajstić information content (AvgIpc) is 2.98. The molecule has 2 N–H and O–H groups in total. The molecule has 0 spiro atoms. The van der Waals surface area contributed by atoms with Crippen LogP contribution in [-0.4, -0.2) is 60.0 Å². The zero-order valence-electron chi connectivity index (χ0n) is 18.1. The second-order valence-electron chi connectivity index (χ2n) is 7.96. The largest absolute Gasteiger partial charge is 0.492 e. The molecule has 1 fully saturated rings. The number of hydrogen-bond donors (Lipinski definition) is 2. The quantitative estimate of drug-likeness (QED) is 0.534. The van der Waals surface area contributed by atoms with Gasteiger partial charge >= 0.3 is 6.03 Å². The summed E-state index contributed by atoms with van der Waals surface area (Å²) in [5.74, 6) is -0.253. The van der Waals surface area contributed by atoms with Crippen LogP contribution < -0.4 is 15.5 Å². The van der Waals surface area contributed by atoms with Crippen LogP contribution in [0.15, 0.2) is 54.6 Å². The fraction of sp³-hybridized carbons (Fsp3) is 0.348. The molecule has 32 heavy (non-hydrogen) atoms. The Labute approximate surface area is 192 Å². The highest BCUT2D eigenvalue weighted by molar-refractivity contribution is 6.30. The van der Waals surface area contributed by atoms with Crippen molar-refractivity contribution in [2.75, 3.05) is 26.7 Å². The van der Waals surface area contributed by atoms with Gasteiger partial charge in [-0.3, -0.25) is 19.9 Å². The molecule has 1 atom stereocenters. The average molecular weight is 459 g/mol. The Hall–Kier alpha value is -3.10. The van der Waals surface area contributed by atoms with Gasteiger partial charge < -0.3 is 10.1 Å². The first-order valence-corrected chi connectivity index (χ1v) is 10.7. The van der Waals surface area contributed by atoms with Crippen LogP contribution in [0.25, 0.3) is 0 Å². The zero-order chi connectivity index (χ0) is 23.1. The third-order valence-electron chi connectivity index (χ3n) is 5.22. The summed E-state index contributed by atoms with van der Waals surface area (Å²) < 4.78 is 5.61. The van der Waals surface area contributed by atoms with Crippen LogP contribution in [0.3, 0.4) is 0 Å². The van der Waals surface area contributed by atoms with E-state index >= 15 is 0 Å². The Morgan fingerprint density at radius 1 is 1.16 bits per heavy atom. The van der Waals surface area contributed by atoms with Crippen LogP contribution in [0.1, 0.15) is 18.9 Å². The maximum atomic E-state index is 12.8. The van der Waals surface area contributed by atoms with Crippen molar-refractivity contribution in [2.24, 2.45) is 0 Å². The third-order valence-corrected chi connectivity index (χ3v) is 5.47. The fourth-order valence-corrected chi connectivity index (χ4v) is 3.45. The van der Waals surface area contributed by atoms with E-state index in [2.05, 4.69) is 10.7 Å². The summed E-state index contributed by atoms with van der Waals surface area (Å²) in [4.78, 5) is 39.3. The van der Waals surface area contributed by atoms with Gasteiger partial charge in [0.2, 0.25) is 0 Å². The SMILES string of the molecule is CN(CCOc1ccc(Cl)cc1)CC(=O)NN1C(=O)NC(C)(CCc2ccccc2)C1=O. The summed E-state index contributed by atoms with van der Waals surface area (Å²) in [5.41, 5.74) is 2.41. The third kappa shape index (κ3) is 6.21. The van der Waals surface area contributed by atoms with Crippen LogP contribution in [-0.2, 0) is 16.0 Å². The lowest BCUT2D eigenvalue weighted by molar-refractivity contribution is -0.139. The van der Waals surface area contributed by atoms with Crippen LogP contribution in [0.5, 0.6) is 5.75 Å². The van der Waals surface area contributed by atoms with E-state index in [1.165, 1.54) is 0 Å². The van der Waals surface area contributed by atoms with E-state index in [-0.39, 0.29) is 6.54 Å². The van der Waals surface area contributed by atoms with Gasteiger partial charge in [0.25, 0.3) is 11.8 Å². The first-order valence-electron chi connectivity index (χ1n) is 10.3. The van der Waals surface area contributed by atoms with Crippen molar-refractivity contribution >= 4 is 29.4 Å². The van der Waals surface area contributed by atoms with E-state index in [1.54, 1.807) is 43.1 Å². The van der Waals surface area contributed by atoms with Crippen molar-refractivity contribution in [3.05, 3.63) is 65.2 Å². The van der Waals surface area contributed by atoms with E-state index in [0.29, 0.717) is 36.8 Å². The Balaban J connectivity index is 1.44. The highest BCUT2D eigenvalue weighted by Crippen LogP contribution is 2.22. The number of carbonyl (C=O) groups is 3. The summed E-state index contributed by atoms with van der Waals surface area (Å²) >= 11 is 5.84. The van der Waals surface area contributed by atoms with Crippen molar-refractivity contribution < 1.29 is 19.1 Å². The normalized spacial score (nSPS) is 18.1. The Morgan fingerprint density at radius 3 is 2.53 bits per heavy atom. The zero-order valence-corrected chi connectivity index (χ0v) is 18.9. The molecule has 0 saturated carbocycles. The van der Waals surface area contributed by atoms with Crippen LogP contribution in [0, 0.1) is 0 Å². The van der Waals surface area contributed by atoms with E-state index in [0.717, 1.165) is 10.6 Å². The van der Waals surface area contributed by atoms with Gasteiger partial charge in [-0.25, -0.2) is 4.79 Å². The molecular weight excluding hydrogens is 432 g/mol. The lowest BCUT2D eigenvalue weighted by Gasteiger charge is -2.22. The van der Waals surface area contributed by atoms with Crippen molar-refractivity contribution in [2.45, 2.75) is 25.3 Å². The molecule has 0 radical (unpaired) electrons. The molecule has 1 saturated heterocycles. The van der Waals surface area contributed by atoms with Gasteiger partial charge in [-0.15, -0.1) is 0 Å². The summed E-state index contributed by atoms with van der Waals surface area (Å²) in [6.45, 7) is 2.52. The van der Waals surface area contributed by atoms with E-state index in [9.17, 15) is 14.4 Å². The second kappa shape index (κ2) is 10.5. The molecule has 4 amide bonds. The molecule has 2 aromatic carbocycles. The number of amides is 4. The number of rotatable bonds is 10. The highest BCUT2D eigenvalue weighted by atomic mass is 35.5. The minimum Gasteiger partial charge on any atom is -0.492 e. The Morgan fingerprint density at radius 2 is 1.84 bits per heavy atom. The summed E-state index contributed by atoms with van der Waals surface area (Å²) in [5, 5.41) is 4.09. The number of likely N-dealkylation sites (N-methyl/N-ethyl adjacent to an activating group) is 1. The number of hydrazine groups is 1. The van der Waals surface area contributed by atoms with Crippen LogP contribution in [0.4, 0.5) is 4.79 Å². The predicted molar refractivity (Wildman–Crippen MR) is 121 cm³/mol. The van der Waals surface area contributed by atoms with Gasteiger partial charge in [0.05, 0.1) is 6.54 Å². The topological polar surface area (TPSA) is 91.0 Å². The van der Waals surface area contributed by atoms with Gasteiger partial charge in [-0.1, -0.05) is 41.9 Å². The minimum atomic E-state index is -1.07. The molecule has 8 nitrogen and oxygen atoms in total. The summed E-state index contributed by atoms with van der Waals surface area (Å²) in [6, 6.07) is 16.1. The second-order valence-corrected chi connectivity index (χ2v) is 8.40. The molecular formula is C23H27ClN4O4. The number of hydrogen-bond acceptors (Lipinski definition) is 5. The van der Waals surface area contributed by atoms with E-state index in [4.69, 9.17) is 16.3 Å². The molecule has 2 aromatic rings. The molecule has 1 aliphatic heterocycles. The highest BCUT2D eigenvalue weighted by Gasteiger charge is 2.48. The number of imide groups is 1. The smallest absolute Gasteiger partial charge is 0.344 e. The summed E-state index contributed by atoms with van der Waals surface area (Å²) in [6.07, 6.45) is 1.05. The minimum absolute atomic E-state index is 0.00175. The molecule has 9 heteroatoms. The van der Waals surface area contributed by atoms with Crippen molar-refractivity contribution in [1.29, 1.82) is 0 Å². The molecule has 1 aliphatic rings. The van der Waals surface area contributed by atoms with Gasteiger partial charge in [0, 0.05) is 11.6 Å². The van der Waals surface area contributed by atoms with Crippen molar-refractivity contribution in [1.82, 2.24) is 20.7 Å². The maximum absolute atomic E-state index is 12.8. The fourth-order valence-electron chi connectivity index (χ4n) is 3.33. The van der Waals surface area contributed by atoms with Gasteiger partial charge in [0.1, 0.15) is 17.9 Å². The number of nitrogens with zero attached hydrogens (tertiary/aromatic N) is 2. The molecule has 170 valence electrons. The van der Waals surface area contributed by atoms with Crippen molar-refractivity contribution in [3.63, 3.8) is 0 Å². The molecule has 3 rings (SSSR count). The molecule has 0 bridgehead atoms. The van der Waals surface area contributed by atoms with Crippen molar-refractivity contribution in [3.8, 4) is 5.75 Å². The summed E-state index contributed by atoms with van der Waals surface area (Å²) in [7, 11) is 1.75. The number of halogens is 1. The number of nitrogens with one attached hydrogen (secondary N) is 2. The van der Waals surface area contributed by atoms with Crippen LogP contribution >= 0.6 is 11.6 Å². The lowest BCUT2D eigenvalue weighted by Crippen LogP contribution is -2.51. The number of carbonyl (C=O) groups excluding carboxylic acids is 3. The first kappa shape index (κ1) is 23.6. The number of benzene rings is 2. The Kier molecular flexibility index (Phi) is 7.71. The standard InChI is InChI=1S/C23H27ClN4O4/c1-23(13-12-17-6-4-3-5-7-17)21(30)28(22(31)25-23)26-20(29)16-27(2)14-15-32-19-10-8-18(24)9-11-19/h3-11H,12-16H2,1-2H3,(H,25,31)(H,26,29). The monoisotopic (exact) mass is 458 g/mol. The van der Waals surface area contributed by atoms with E-state index in [1.807, 2.05) is 30.3 Å². The first-order chi connectivity index (χ1) is 15.3. The number of urea groups is 1. The lowest BCUT2D eigenvalue weighted by atomic mass is 9.93. The predicted octanol–water partition coefficient (Wildman–Crippen LogP) is 2.63. The molecule has 0 aromatic heterocycles. The van der Waals surface area contributed by atoms with Gasteiger partial charge in [0.15, 0.2) is 0 Å².